The lowest BCUT2D eigenvalue weighted by Gasteiger charge is -2.24. The van der Waals surface area contributed by atoms with Crippen molar-refractivity contribution in [1.29, 1.82) is 0 Å². The van der Waals surface area contributed by atoms with E-state index in [0.29, 0.717) is 4.31 Å². The first-order valence-corrected chi connectivity index (χ1v) is 9.32. The van der Waals surface area contributed by atoms with Gasteiger partial charge in [0.25, 0.3) is 15.7 Å². The fourth-order valence-electron chi connectivity index (χ4n) is 2.09. The highest BCUT2D eigenvalue weighted by Gasteiger charge is 2.34. The van der Waals surface area contributed by atoms with Crippen LogP contribution in [0.15, 0.2) is 41.3 Å². The number of carbonyl (C=O) groups is 1. The Labute approximate surface area is 163 Å². The molecule has 0 heterocycles. The Kier molecular flexibility index (Phi) is 5.97. The lowest BCUT2D eigenvalue weighted by atomic mass is 10.3. The van der Waals surface area contributed by atoms with Gasteiger partial charge >= 0.3 is 0 Å². The maximum atomic E-state index is 13.0. The topological polar surface area (TPSA) is 124 Å². The number of nitro groups is 1. The number of para-hydroxylation sites is 1. The number of sulfonamides is 1. The van der Waals surface area contributed by atoms with Crippen molar-refractivity contribution in [1.82, 2.24) is 0 Å². The monoisotopic (exact) mass is 437 g/mol. The van der Waals surface area contributed by atoms with Crippen LogP contribution in [-0.4, -0.2) is 25.8 Å². The summed E-state index contributed by atoms with van der Waals surface area (Å²) in [6.45, 7) is -0.813. The van der Waals surface area contributed by atoms with Gasteiger partial charge in [0.15, 0.2) is 4.90 Å². The Balaban J connectivity index is 2.74. The summed E-state index contributed by atoms with van der Waals surface area (Å²) in [5, 5.41) is 11.1. The number of nitrogens with zero attached hydrogens (tertiary/aromatic N) is 2. The van der Waals surface area contributed by atoms with Crippen molar-refractivity contribution in [2.75, 3.05) is 10.8 Å². The number of amides is 1. The number of primary amides is 1. The molecule has 0 spiro atoms. The van der Waals surface area contributed by atoms with Crippen LogP contribution in [0.25, 0.3) is 0 Å². The van der Waals surface area contributed by atoms with Gasteiger partial charge in [0.1, 0.15) is 6.54 Å². The van der Waals surface area contributed by atoms with E-state index in [4.69, 9.17) is 40.5 Å². The summed E-state index contributed by atoms with van der Waals surface area (Å²) in [4.78, 5) is 21.1. The maximum absolute atomic E-state index is 13.0. The van der Waals surface area contributed by atoms with Crippen LogP contribution < -0.4 is 10.0 Å². The average molecular weight is 439 g/mol. The van der Waals surface area contributed by atoms with Gasteiger partial charge in [-0.15, -0.1) is 0 Å². The van der Waals surface area contributed by atoms with Gasteiger partial charge in [-0.05, 0) is 18.2 Å². The number of nitro benzene ring substituents is 1. The van der Waals surface area contributed by atoms with E-state index in [1.165, 1.54) is 18.2 Å². The van der Waals surface area contributed by atoms with Crippen LogP contribution in [-0.2, 0) is 14.8 Å². The molecular weight excluding hydrogens is 429 g/mol. The second-order valence-electron chi connectivity index (χ2n) is 4.92. The molecule has 0 saturated carbocycles. The molecule has 0 radical (unpaired) electrons. The number of anilines is 1. The van der Waals surface area contributed by atoms with Crippen LogP contribution in [0.5, 0.6) is 0 Å². The van der Waals surface area contributed by atoms with Gasteiger partial charge in [0.2, 0.25) is 5.91 Å². The van der Waals surface area contributed by atoms with E-state index in [9.17, 15) is 23.3 Å². The minimum absolute atomic E-state index is 0.0294. The molecule has 0 atom stereocenters. The van der Waals surface area contributed by atoms with Crippen molar-refractivity contribution in [3.8, 4) is 0 Å². The highest BCUT2D eigenvalue weighted by Crippen LogP contribution is 2.38. The molecule has 0 saturated heterocycles. The predicted octanol–water partition coefficient (Wildman–Crippen LogP) is 3.24. The van der Waals surface area contributed by atoms with Gasteiger partial charge in [-0.25, -0.2) is 8.42 Å². The van der Waals surface area contributed by atoms with E-state index in [-0.39, 0.29) is 20.8 Å². The summed E-state index contributed by atoms with van der Waals surface area (Å²) in [6, 6.07) is 6.98. The van der Waals surface area contributed by atoms with Crippen molar-refractivity contribution < 1.29 is 18.1 Å². The zero-order valence-corrected chi connectivity index (χ0v) is 15.8. The second-order valence-corrected chi connectivity index (χ2v) is 7.97. The van der Waals surface area contributed by atoms with Gasteiger partial charge in [-0.3, -0.25) is 19.2 Å². The SMILES string of the molecule is NC(=O)CN(c1cc(Cl)c(Cl)cc1Cl)S(=O)(=O)c1ccccc1[N+](=O)[O-]. The quantitative estimate of drug-likeness (QED) is 0.421. The molecule has 0 aromatic heterocycles. The Morgan fingerprint density at radius 2 is 1.69 bits per heavy atom. The lowest BCUT2D eigenvalue weighted by molar-refractivity contribution is -0.387. The summed E-state index contributed by atoms with van der Waals surface area (Å²) in [5.74, 6) is -1.01. The van der Waals surface area contributed by atoms with E-state index in [1.807, 2.05) is 0 Å². The molecular formula is C14H10Cl3N3O5S. The third-order valence-electron chi connectivity index (χ3n) is 3.19. The van der Waals surface area contributed by atoms with Gasteiger partial charge in [0.05, 0.1) is 25.7 Å². The predicted molar refractivity (Wildman–Crippen MR) is 98.3 cm³/mol. The number of hydrogen-bond donors (Lipinski definition) is 1. The molecule has 8 nitrogen and oxygen atoms in total. The highest BCUT2D eigenvalue weighted by atomic mass is 35.5. The summed E-state index contributed by atoms with van der Waals surface area (Å²) < 4.78 is 26.6. The summed E-state index contributed by atoms with van der Waals surface area (Å²) in [6.07, 6.45) is 0. The van der Waals surface area contributed by atoms with Crippen LogP contribution in [0, 0.1) is 10.1 Å². The molecule has 2 aromatic carbocycles. The standard InChI is InChI=1S/C14H10Cl3N3O5S/c15-8-5-10(17)12(6-9(8)16)19(7-14(18)21)26(24,25)13-4-2-1-3-11(13)20(22)23/h1-6H,7H2,(H2,18,21). The molecule has 0 fully saturated rings. The molecule has 0 aliphatic heterocycles. The molecule has 1 amide bonds. The maximum Gasteiger partial charge on any atom is 0.289 e. The fraction of sp³-hybridized carbons (Fsp3) is 0.0714. The van der Waals surface area contributed by atoms with E-state index in [2.05, 4.69) is 0 Å². The molecule has 2 aromatic rings. The largest absolute Gasteiger partial charge is 0.368 e. The van der Waals surface area contributed by atoms with Crippen LogP contribution >= 0.6 is 34.8 Å². The number of benzene rings is 2. The normalized spacial score (nSPS) is 11.2. The van der Waals surface area contributed by atoms with E-state index in [0.717, 1.165) is 18.2 Å². The molecule has 0 aliphatic carbocycles. The first-order valence-electron chi connectivity index (χ1n) is 6.74. The molecule has 0 bridgehead atoms. The Hall–Kier alpha value is -2.07. The molecule has 2 N–H and O–H groups in total. The first kappa shape index (κ1) is 20.2. The minimum atomic E-state index is -4.57. The van der Waals surface area contributed by atoms with Crippen molar-refractivity contribution in [3.05, 3.63) is 61.6 Å². The van der Waals surface area contributed by atoms with Crippen molar-refractivity contribution in [3.63, 3.8) is 0 Å². The average Bonchev–Trinajstić information content (AvgIpc) is 2.56. The van der Waals surface area contributed by atoms with Gasteiger partial charge < -0.3 is 5.73 Å². The van der Waals surface area contributed by atoms with Gasteiger partial charge in [-0.2, -0.15) is 0 Å². The summed E-state index contributed by atoms with van der Waals surface area (Å²) >= 11 is 17.8. The molecule has 0 unspecified atom stereocenters. The number of carbonyl (C=O) groups excluding carboxylic acids is 1. The van der Waals surface area contributed by atoms with Gasteiger partial charge in [-0.1, -0.05) is 46.9 Å². The molecule has 26 heavy (non-hydrogen) atoms. The Morgan fingerprint density at radius 1 is 1.12 bits per heavy atom. The van der Waals surface area contributed by atoms with E-state index >= 15 is 0 Å². The second kappa shape index (κ2) is 7.67. The Morgan fingerprint density at radius 3 is 2.27 bits per heavy atom. The fourth-order valence-corrected chi connectivity index (χ4v) is 4.38. The molecule has 138 valence electrons. The molecule has 2 rings (SSSR count). The van der Waals surface area contributed by atoms with E-state index < -0.39 is 38.0 Å². The van der Waals surface area contributed by atoms with Crippen LogP contribution in [0.1, 0.15) is 0 Å². The zero-order valence-electron chi connectivity index (χ0n) is 12.7. The van der Waals surface area contributed by atoms with Gasteiger partial charge in [0, 0.05) is 6.07 Å². The Bertz CT molecular complexity index is 997. The number of hydrogen-bond acceptors (Lipinski definition) is 5. The minimum Gasteiger partial charge on any atom is -0.368 e. The summed E-state index contributed by atoms with van der Waals surface area (Å²) in [5.41, 5.74) is 4.28. The zero-order chi connectivity index (χ0) is 19.6. The highest BCUT2D eigenvalue weighted by molar-refractivity contribution is 7.93. The number of halogens is 3. The molecule has 0 aliphatic rings. The van der Waals surface area contributed by atoms with E-state index in [1.54, 1.807) is 0 Å². The van der Waals surface area contributed by atoms with Crippen molar-refractivity contribution >= 4 is 62.1 Å². The van der Waals surface area contributed by atoms with Crippen LogP contribution in [0.2, 0.25) is 15.1 Å². The number of rotatable bonds is 6. The summed E-state index contributed by atoms with van der Waals surface area (Å²) in [7, 11) is -4.57. The van der Waals surface area contributed by atoms with Crippen LogP contribution in [0.4, 0.5) is 11.4 Å². The third-order valence-corrected chi connectivity index (χ3v) is 6.02. The lowest BCUT2D eigenvalue weighted by Crippen LogP contribution is -2.39. The van der Waals surface area contributed by atoms with Crippen molar-refractivity contribution in [2.24, 2.45) is 5.73 Å². The van der Waals surface area contributed by atoms with Crippen LogP contribution in [0.3, 0.4) is 0 Å². The molecule has 12 heteroatoms. The smallest absolute Gasteiger partial charge is 0.289 e. The van der Waals surface area contributed by atoms with Crippen molar-refractivity contribution in [2.45, 2.75) is 4.90 Å². The third kappa shape index (κ3) is 4.01. The number of nitrogens with two attached hydrogens (primary N) is 1. The first-order chi connectivity index (χ1) is 12.1.